The largest absolute Gasteiger partial charge is 0.326 e. The first-order valence-corrected chi connectivity index (χ1v) is 13.7. The summed E-state index contributed by atoms with van der Waals surface area (Å²) in [5.74, 6) is -0.446. The predicted molar refractivity (Wildman–Crippen MR) is 122 cm³/mol. The van der Waals surface area contributed by atoms with Gasteiger partial charge in [-0.2, -0.15) is 4.31 Å². The van der Waals surface area contributed by atoms with Crippen LogP contribution in [0.2, 0.25) is 0 Å². The lowest BCUT2D eigenvalue weighted by atomic mass is 10.2. The topological polar surface area (TPSA) is 113 Å². The van der Waals surface area contributed by atoms with Crippen LogP contribution in [0, 0.1) is 0 Å². The molecule has 0 saturated carbocycles. The van der Waals surface area contributed by atoms with Gasteiger partial charge in [0.1, 0.15) is 4.21 Å². The van der Waals surface area contributed by atoms with Crippen LogP contribution in [-0.2, 0) is 37.0 Å². The number of rotatable bonds is 10. The Morgan fingerprint density at radius 3 is 2.39 bits per heavy atom. The van der Waals surface area contributed by atoms with Crippen LogP contribution < -0.4 is 10.0 Å². The van der Waals surface area contributed by atoms with Crippen LogP contribution >= 0.6 is 11.3 Å². The van der Waals surface area contributed by atoms with Gasteiger partial charge in [-0.1, -0.05) is 18.2 Å². The monoisotopic (exact) mass is 483 g/mol. The van der Waals surface area contributed by atoms with E-state index in [1.807, 2.05) is 0 Å². The Labute approximate surface area is 187 Å². The highest BCUT2D eigenvalue weighted by Crippen LogP contribution is 2.27. The third kappa shape index (κ3) is 6.47. The molecule has 0 bridgehead atoms. The minimum Gasteiger partial charge on any atom is -0.326 e. The van der Waals surface area contributed by atoms with Crippen molar-refractivity contribution < 1.29 is 21.6 Å². The SMILES string of the molecule is C=CCNS(=O)(=O)Cc1ccc(NC(=O)Cc2ccc(S(=O)(=O)N3CCCC3)s2)cc1. The molecule has 2 N–H and O–H groups in total. The smallest absolute Gasteiger partial charge is 0.252 e. The number of carbonyl (C=O) groups excluding carboxylic acids is 1. The molecule has 1 aliphatic rings. The lowest BCUT2D eigenvalue weighted by molar-refractivity contribution is -0.115. The van der Waals surface area contributed by atoms with E-state index in [4.69, 9.17) is 0 Å². The number of anilines is 1. The minimum absolute atomic E-state index is 0.0573. The summed E-state index contributed by atoms with van der Waals surface area (Å²) in [4.78, 5) is 13.0. The number of hydrogen-bond acceptors (Lipinski definition) is 6. The molecular formula is C20H25N3O5S3. The normalized spacial score (nSPS) is 15.1. The van der Waals surface area contributed by atoms with Crippen molar-refractivity contribution in [2.24, 2.45) is 0 Å². The van der Waals surface area contributed by atoms with E-state index >= 15 is 0 Å². The molecule has 1 amide bonds. The van der Waals surface area contributed by atoms with Crippen molar-refractivity contribution in [2.75, 3.05) is 25.0 Å². The van der Waals surface area contributed by atoms with Crippen molar-refractivity contribution in [3.8, 4) is 0 Å². The molecule has 1 aromatic heterocycles. The zero-order valence-electron chi connectivity index (χ0n) is 16.9. The molecule has 1 saturated heterocycles. The fraction of sp³-hybridized carbons (Fsp3) is 0.350. The predicted octanol–water partition coefficient (Wildman–Crippen LogP) is 2.32. The lowest BCUT2D eigenvalue weighted by Crippen LogP contribution is -2.27. The van der Waals surface area contributed by atoms with Crippen molar-refractivity contribution in [1.82, 2.24) is 9.03 Å². The molecule has 2 aromatic rings. The van der Waals surface area contributed by atoms with Gasteiger partial charge in [-0.3, -0.25) is 4.79 Å². The summed E-state index contributed by atoms with van der Waals surface area (Å²) in [5, 5.41) is 2.75. The number of hydrogen-bond donors (Lipinski definition) is 2. The zero-order chi connectivity index (χ0) is 22.5. The highest BCUT2D eigenvalue weighted by molar-refractivity contribution is 7.91. The van der Waals surface area contributed by atoms with E-state index in [1.54, 1.807) is 36.4 Å². The highest BCUT2D eigenvalue weighted by Gasteiger charge is 2.28. The number of nitrogens with one attached hydrogen (secondary N) is 2. The molecule has 31 heavy (non-hydrogen) atoms. The van der Waals surface area contributed by atoms with Crippen molar-refractivity contribution in [2.45, 2.75) is 29.2 Å². The first kappa shape index (κ1) is 23.6. The van der Waals surface area contributed by atoms with Gasteiger partial charge in [-0.05, 0) is 42.7 Å². The standard InChI is InChI=1S/C20H25N3O5S3/c1-2-11-21-30(25,26)15-16-5-7-17(8-6-16)22-19(24)14-18-9-10-20(29-18)31(27,28)23-12-3-4-13-23/h2,5-10,21H,1,3-4,11-15H2,(H,22,24). The number of amides is 1. The van der Waals surface area contributed by atoms with Gasteiger partial charge in [0.2, 0.25) is 15.9 Å². The first-order chi connectivity index (χ1) is 14.7. The molecule has 3 rings (SSSR count). The quantitative estimate of drug-likeness (QED) is 0.504. The lowest BCUT2D eigenvalue weighted by Gasteiger charge is -2.13. The maximum Gasteiger partial charge on any atom is 0.252 e. The van der Waals surface area contributed by atoms with Crippen molar-refractivity contribution in [3.63, 3.8) is 0 Å². The van der Waals surface area contributed by atoms with Crippen molar-refractivity contribution in [1.29, 1.82) is 0 Å². The molecular weight excluding hydrogens is 458 g/mol. The Balaban J connectivity index is 1.56. The average Bonchev–Trinajstić information content (AvgIpc) is 3.40. The Morgan fingerprint density at radius 2 is 1.74 bits per heavy atom. The van der Waals surface area contributed by atoms with E-state index in [0.29, 0.717) is 29.2 Å². The molecule has 1 aliphatic heterocycles. The van der Waals surface area contributed by atoms with Crippen LogP contribution in [-0.4, -0.2) is 46.7 Å². The fourth-order valence-corrected chi connectivity index (χ4v) is 7.28. The van der Waals surface area contributed by atoms with E-state index in [2.05, 4.69) is 16.6 Å². The number of nitrogens with zero attached hydrogens (tertiary/aromatic N) is 1. The van der Waals surface area contributed by atoms with E-state index in [1.165, 1.54) is 10.4 Å². The zero-order valence-corrected chi connectivity index (χ0v) is 19.4. The molecule has 8 nitrogen and oxygen atoms in total. The van der Waals surface area contributed by atoms with Gasteiger partial charge in [0, 0.05) is 30.2 Å². The third-order valence-electron chi connectivity index (χ3n) is 4.67. The molecule has 2 heterocycles. The Kier molecular flexibility index (Phi) is 7.65. The van der Waals surface area contributed by atoms with Crippen LogP contribution in [0.4, 0.5) is 5.69 Å². The van der Waals surface area contributed by atoms with Gasteiger partial charge in [0.15, 0.2) is 0 Å². The number of benzene rings is 1. The molecule has 11 heteroatoms. The molecule has 0 unspecified atom stereocenters. The van der Waals surface area contributed by atoms with E-state index in [0.717, 1.165) is 24.2 Å². The van der Waals surface area contributed by atoms with Gasteiger partial charge in [-0.25, -0.2) is 21.6 Å². The molecule has 0 atom stereocenters. The van der Waals surface area contributed by atoms with Gasteiger partial charge in [-0.15, -0.1) is 17.9 Å². The van der Waals surface area contributed by atoms with Gasteiger partial charge in [0.05, 0.1) is 12.2 Å². The Bertz CT molecular complexity index is 1130. The number of carbonyl (C=O) groups is 1. The second-order valence-electron chi connectivity index (χ2n) is 7.15. The number of thiophene rings is 1. The summed E-state index contributed by atoms with van der Waals surface area (Å²) in [6.45, 7) is 4.72. The molecule has 1 aromatic carbocycles. The summed E-state index contributed by atoms with van der Waals surface area (Å²) < 4.78 is 53.2. The number of sulfonamides is 2. The summed E-state index contributed by atoms with van der Waals surface area (Å²) in [7, 11) is -6.93. The van der Waals surface area contributed by atoms with Crippen molar-refractivity contribution >= 4 is 43.0 Å². The van der Waals surface area contributed by atoms with E-state index in [-0.39, 0.29) is 28.8 Å². The van der Waals surface area contributed by atoms with E-state index in [9.17, 15) is 21.6 Å². The van der Waals surface area contributed by atoms with Crippen LogP contribution in [0.5, 0.6) is 0 Å². The molecule has 0 spiro atoms. The highest BCUT2D eigenvalue weighted by atomic mass is 32.2. The van der Waals surface area contributed by atoms with Crippen LogP contribution in [0.25, 0.3) is 0 Å². The maximum absolute atomic E-state index is 12.6. The molecule has 168 valence electrons. The fourth-order valence-electron chi connectivity index (χ4n) is 3.15. The summed E-state index contributed by atoms with van der Waals surface area (Å²) in [6.07, 6.45) is 3.27. The second kappa shape index (κ2) is 10.0. The summed E-state index contributed by atoms with van der Waals surface area (Å²) in [5.41, 5.74) is 1.12. The van der Waals surface area contributed by atoms with Gasteiger partial charge >= 0.3 is 0 Å². The summed E-state index contributed by atoms with van der Waals surface area (Å²) in [6, 6.07) is 9.75. The minimum atomic E-state index is -3.48. The maximum atomic E-state index is 12.6. The Morgan fingerprint density at radius 1 is 1.06 bits per heavy atom. The molecule has 1 fully saturated rings. The van der Waals surface area contributed by atoms with Crippen LogP contribution in [0.1, 0.15) is 23.3 Å². The van der Waals surface area contributed by atoms with Crippen LogP contribution in [0.15, 0.2) is 53.3 Å². The second-order valence-corrected chi connectivity index (χ2v) is 12.3. The van der Waals surface area contributed by atoms with Crippen molar-refractivity contribution in [3.05, 3.63) is 59.5 Å². The average molecular weight is 484 g/mol. The first-order valence-electron chi connectivity index (χ1n) is 9.75. The van der Waals surface area contributed by atoms with Gasteiger partial charge < -0.3 is 5.32 Å². The van der Waals surface area contributed by atoms with E-state index < -0.39 is 20.0 Å². The Hall–Kier alpha value is -2.05. The summed E-state index contributed by atoms with van der Waals surface area (Å²) >= 11 is 1.11. The van der Waals surface area contributed by atoms with Crippen LogP contribution in [0.3, 0.4) is 0 Å². The molecule has 0 aliphatic carbocycles. The molecule has 0 radical (unpaired) electrons. The van der Waals surface area contributed by atoms with Gasteiger partial charge in [0.25, 0.3) is 10.0 Å². The third-order valence-corrected chi connectivity index (χ3v) is 9.44.